The number of aliphatic hydroxyl groups is 1. The first kappa shape index (κ1) is 15.4. The third-order valence-electron chi connectivity index (χ3n) is 4.57. The molecule has 3 rings (SSSR count). The lowest BCUT2D eigenvalue weighted by atomic mass is 9.87. The molecule has 1 aliphatic rings. The lowest BCUT2D eigenvalue weighted by molar-refractivity contribution is 0.0868. The van der Waals surface area contributed by atoms with Crippen LogP contribution in [-0.4, -0.2) is 28.2 Å². The number of amides is 1. The van der Waals surface area contributed by atoms with Gasteiger partial charge in [0.1, 0.15) is 5.69 Å². The Morgan fingerprint density at radius 2 is 2.18 bits per heavy atom. The van der Waals surface area contributed by atoms with E-state index < -0.39 is 0 Å². The highest BCUT2D eigenvalue weighted by molar-refractivity contribution is 6.38. The maximum absolute atomic E-state index is 12.5. The van der Waals surface area contributed by atoms with Crippen molar-refractivity contribution in [3.63, 3.8) is 0 Å². The highest BCUT2D eigenvalue weighted by Gasteiger charge is 2.23. The summed E-state index contributed by atoms with van der Waals surface area (Å²) in [5.41, 5.74) is 1.45. The zero-order valence-electron chi connectivity index (χ0n) is 12.7. The Balaban J connectivity index is 1.75. The fraction of sp³-hybridized carbons (Fsp3) is 0.471. The van der Waals surface area contributed by atoms with Crippen LogP contribution in [0.4, 0.5) is 0 Å². The number of nitrogens with zero attached hydrogens (tertiary/aromatic N) is 1. The number of fused-ring (bicyclic) bond motifs is 1. The van der Waals surface area contributed by atoms with E-state index in [0.717, 1.165) is 36.6 Å². The first-order valence-electron chi connectivity index (χ1n) is 7.77. The standard InChI is InChI=1S/C17H21ClN2O2/c1-20-14-8-3-2-7-13(14)15(18)16(20)17(22)19-10-11-5-4-6-12(21)9-11/h2-3,7-8,11-12,21H,4-6,9-10H2,1H3,(H,19,22). The Kier molecular flexibility index (Phi) is 4.41. The van der Waals surface area contributed by atoms with Crippen LogP contribution < -0.4 is 5.32 Å². The Labute approximate surface area is 135 Å². The van der Waals surface area contributed by atoms with Crippen molar-refractivity contribution in [3.8, 4) is 0 Å². The van der Waals surface area contributed by atoms with Crippen LogP contribution in [0.3, 0.4) is 0 Å². The summed E-state index contributed by atoms with van der Waals surface area (Å²) in [5, 5.41) is 14.1. The second-order valence-electron chi connectivity index (χ2n) is 6.14. The number of benzene rings is 1. The molecule has 1 heterocycles. The van der Waals surface area contributed by atoms with E-state index in [1.807, 2.05) is 35.9 Å². The number of carbonyl (C=O) groups is 1. The number of aliphatic hydroxyl groups excluding tert-OH is 1. The average molecular weight is 321 g/mol. The van der Waals surface area contributed by atoms with Gasteiger partial charge in [-0.15, -0.1) is 0 Å². The van der Waals surface area contributed by atoms with Gasteiger partial charge in [-0.25, -0.2) is 0 Å². The molecule has 1 aromatic heterocycles. The second-order valence-corrected chi connectivity index (χ2v) is 6.51. The molecule has 2 aromatic rings. The van der Waals surface area contributed by atoms with Crippen LogP contribution in [0, 0.1) is 5.92 Å². The molecule has 0 aliphatic heterocycles. The first-order valence-corrected chi connectivity index (χ1v) is 8.15. The Morgan fingerprint density at radius 3 is 2.91 bits per heavy atom. The molecule has 1 aliphatic carbocycles. The van der Waals surface area contributed by atoms with Gasteiger partial charge in [-0.05, 0) is 31.2 Å². The Bertz CT molecular complexity index is 656. The molecule has 4 nitrogen and oxygen atoms in total. The van der Waals surface area contributed by atoms with Gasteiger partial charge in [0.05, 0.1) is 11.1 Å². The van der Waals surface area contributed by atoms with Crippen molar-refractivity contribution in [1.29, 1.82) is 0 Å². The quantitative estimate of drug-likeness (QED) is 0.913. The summed E-state index contributed by atoms with van der Waals surface area (Å²) >= 11 is 6.38. The van der Waals surface area contributed by atoms with Crippen LogP contribution in [0.2, 0.25) is 5.02 Å². The van der Waals surface area contributed by atoms with E-state index in [-0.39, 0.29) is 12.0 Å². The molecule has 1 fully saturated rings. The zero-order chi connectivity index (χ0) is 15.7. The van der Waals surface area contributed by atoms with Gasteiger partial charge >= 0.3 is 0 Å². The maximum atomic E-state index is 12.5. The highest BCUT2D eigenvalue weighted by Crippen LogP contribution is 2.30. The lowest BCUT2D eigenvalue weighted by Crippen LogP contribution is -2.33. The van der Waals surface area contributed by atoms with Gasteiger partial charge in [0, 0.05) is 24.5 Å². The summed E-state index contributed by atoms with van der Waals surface area (Å²) in [4.78, 5) is 12.5. The minimum atomic E-state index is -0.225. The van der Waals surface area contributed by atoms with E-state index in [1.165, 1.54) is 0 Å². The van der Waals surface area contributed by atoms with Crippen molar-refractivity contribution in [1.82, 2.24) is 9.88 Å². The number of para-hydroxylation sites is 1. The molecular weight excluding hydrogens is 300 g/mol. The molecule has 0 bridgehead atoms. The van der Waals surface area contributed by atoms with Crippen LogP contribution in [0.1, 0.15) is 36.2 Å². The number of aryl methyl sites for hydroxylation is 1. The number of rotatable bonds is 3. The smallest absolute Gasteiger partial charge is 0.269 e. The van der Waals surface area contributed by atoms with Crippen LogP contribution in [0.5, 0.6) is 0 Å². The molecule has 1 saturated carbocycles. The molecule has 0 saturated heterocycles. The number of hydrogen-bond acceptors (Lipinski definition) is 2. The first-order chi connectivity index (χ1) is 10.6. The summed E-state index contributed by atoms with van der Waals surface area (Å²) in [6, 6.07) is 7.73. The summed E-state index contributed by atoms with van der Waals surface area (Å²) in [6.07, 6.45) is 3.50. The minimum absolute atomic E-state index is 0.149. The van der Waals surface area contributed by atoms with Crippen molar-refractivity contribution < 1.29 is 9.90 Å². The zero-order valence-corrected chi connectivity index (χ0v) is 13.4. The fourth-order valence-corrected chi connectivity index (χ4v) is 3.74. The number of aromatic nitrogens is 1. The van der Waals surface area contributed by atoms with Crippen molar-refractivity contribution in [3.05, 3.63) is 35.0 Å². The summed E-state index contributed by atoms with van der Waals surface area (Å²) in [7, 11) is 1.85. The molecule has 22 heavy (non-hydrogen) atoms. The highest BCUT2D eigenvalue weighted by atomic mass is 35.5. The normalized spacial score (nSPS) is 22.0. The topological polar surface area (TPSA) is 54.3 Å². The van der Waals surface area contributed by atoms with Crippen LogP contribution >= 0.6 is 11.6 Å². The molecule has 0 spiro atoms. The molecule has 2 unspecified atom stereocenters. The van der Waals surface area contributed by atoms with Gasteiger partial charge in [-0.2, -0.15) is 0 Å². The molecular formula is C17H21ClN2O2. The molecule has 1 aromatic carbocycles. The van der Waals surface area contributed by atoms with Crippen LogP contribution in [-0.2, 0) is 7.05 Å². The number of nitrogens with one attached hydrogen (secondary N) is 1. The minimum Gasteiger partial charge on any atom is -0.393 e. The van der Waals surface area contributed by atoms with Crippen molar-refractivity contribution in [2.75, 3.05) is 6.54 Å². The molecule has 118 valence electrons. The largest absolute Gasteiger partial charge is 0.393 e. The van der Waals surface area contributed by atoms with Gasteiger partial charge in [0.25, 0.3) is 5.91 Å². The number of carbonyl (C=O) groups excluding carboxylic acids is 1. The van der Waals surface area contributed by atoms with Gasteiger partial charge in [-0.3, -0.25) is 4.79 Å². The van der Waals surface area contributed by atoms with E-state index in [9.17, 15) is 9.90 Å². The maximum Gasteiger partial charge on any atom is 0.269 e. The third-order valence-corrected chi connectivity index (χ3v) is 4.95. The molecule has 5 heteroatoms. The summed E-state index contributed by atoms with van der Waals surface area (Å²) in [5.74, 6) is 0.199. The summed E-state index contributed by atoms with van der Waals surface area (Å²) < 4.78 is 1.84. The van der Waals surface area contributed by atoms with Crippen molar-refractivity contribution >= 4 is 28.4 Å². The SMILES string of the molecule is Cn1c(C(=O)NCC2CCCC(O)C2)c(Cl)c2ccccc21. The predicted octanol–water partition coefficient (Wildman–Crippen LogP) is 3.11. The van der Waals surface area contributed by atoms with E-state index in [0.29, 0.717) is 23.2 Å². The predicted molar refractivity (Wildman–Crippen MR) is 88.2 cm³/mol. The van der Waals surface area contributed by atoms with Gasteiger partial charge < -0.3 is 15.0 Å². The monoisotopic (exact) mass is 320 g/mol. The Hall–Kier alpha value is -1.52. The second kappa shape index (κ2) is 6.31. The van der Waals surface area contributed by atoms with E-state index in [4.69, 9.17) is 11.6 Å². The lowest BCUT2D eigenvalue weighted by Gasteiger charge is -2.25. The number of halogens is 1. The third kappa shape index (κ3) is 2.85. The van der Waals surface area contributed by atoms with Crippen LogP contribution in [0.25, 0.3) is 10.9 Å². The van der Waals surface area contributed by atoms with Crippen molar-refractivity contribution in [2.45, 2.75) is 31.8 Å². The fourth-order valence-electron chi connectivity index (χ4n) is 3.37. The molecule has 1 amide bonds. The van der Waals surface area contributed by atoms with Crippen LogP contribution in [0.15, 0.2) is 24.3 Å². The summed E-state index contributed by atoms with van der Waals surface area (Å²) in [6.45, 7) is 0.591. The Morgan fingerprint density at radius 1 is 1.41 bits per heavy atom. The van der Waals surface area contributed by atoms with Gasteiger partial charge in [0.15, 0.2) is 0 Å². The molecule has 0 radical (unpaired) electrons. The van der Waals surface area contributed by atoms with Gasteiger partial charge in [0.2, 0.25) is 0 Å². The van der Waals surface area contributed by atoms with E-state index >= 15 is 0 Å². The molecule has 2 atom stereocenters. The number of hydrogen-bond donors (Lipinski definition) is 2. The van der Waals surface area contributed by atoms with Crippen molar-refractivity contribution in [2.24, 2.45) is 13.0 Å². The van der Waals surface area contributed by atoms with Gasteiger partial charge in [-0.1, -0.05) is 36.2 Å². The van der Waals surface area contributed by atoms with E-state index in [2.05, 4.69) is 5.32 Å². The average Bonchev–Trinajstić information content (AvgIpc) is 2.77. The molecule has 2 N–H and O–H groups in total. The van der Waals surface area contributed by atoms with E-state index in [1.54, 1.807) is 0 Å².